The molecule has 0 aliphatic carbocycles. The first-order valence-electron chi connectivity index (χ1n) is 7.02. The number of rotatable bonds is 8. The van der Waals surface area contributed by atoms with Crippen molar-refractivity contribution in [2.45, 2.75) is 38.4 Å². The summed E-state index contributed by atoms with van der Waals surface area (Å²) in [5.41, 5.74) is 0.521. The van der Waals surface area contributed by atoms with Gasteiger partial charge >= 0.3 is 12.1 Å². The zero-order valence-electron chi connectivity index (χ0n) is 12.5. The summed E-state index contributed by atoms with van der Waals surface area (Å²) in [6.45, 7) is 2.44. The van der Waals surface area contributed by atoms with Gasteiger partial charge in [-0.2, -0.15) is 13.2 Å². The summed E-state index contributed by atoms with van der Waals surface area (Å²) in [5.74, 6) is -1.98. The Labute approximate surface area is 131 Å². The first-order chi connectivity index (χ1) is 10.7. The molecule has 23 heavy (non-hydrogen) atoms. The van der Waals surface area contributed by atoms with Gasteiger partial charge in [0.1, 0.15) is 11.8 Å². The number of carbonyl (C=O) groups excluding carboxylic acids is 1. The Bertz CT molecular complexity index is 546. The van der Waals surface area contributed by atoms with Gasteiger partial charge in [0.25, 0.3) is 0 Å². The average molecular weight is 333 g/mol. The van der Waals surface area contributed by atoms with E-state index >= 15 is 0 Å². The SMILES string of the molecule is CCCOc1cccc(CC(=O)NC(CC(F)(F)F)C(=O)O)c1. The van der Waals surface area contributed by atoms with Crippen LogP contribution in [-0.2, 0) is 16.0 Å². The molecule has 1 atom stereocenters. The lowest BCUT2D eigenvalue weighted by Gasteiger charge is -2.16. The van der Waals surface area contributed by atoms with Crippen LogP contribution in [0.4, 0.5) is 13.2 Å². The Kier molecular flexibility index (Phi) is 6.87. The first-order valence-corrected chi connectivity index (χ1v) is 7.02. The van der Waals surface area contributed by atoms with Crippen LogP contribution < -0.4 is 10.1 Å². The number of benzene rings is 1. The average Bonchev–Trinajstić information content (AvgIpc) is 2.43. The molecule has 1 aromatic rings. The van der Waals surface area contributed by atoms with Gasteiger partial charge in [0.15, 0.2) is 0 Å². The van der Waals surface area contributed by atoms with Crippen LogP contribution in [0.2, 0.25) is 0 Å². The molecule has 8 heteroatoms. The minimum Gasteiger partial charge on any atom is -0.494 e. The standard InChI is InChI=1S/C15H18F3NO4/c1-2-6-23-11-5-3-4-10(7-11)8-13(20)19-12(14(21)22)9-15(16,17)18/h3-5,7,12H,2,6,8-9H2,1H3,(H,19,20)(H,21,22). The van der Waals surface area contributed by atoms with Crippen molar-refractivity contribution in [3.63, 3.8) is 0 Å². The van der Waals surface area contributed by atoms with E-state index in [1.54, 1.807) is 24.3 Å². The number of nitrogens with one attached hydrogen (secondary N) is 1. The number of alkyl halides is 3. The van der Waals surface area contributed by atoms with Gasteiger partial charge in [-0.15, -0.1) is 0 Å². The highest BCUT2D eigenvalue weighted by Crippen LogP contribution is 2.22. The third kappa shape index (κ3) is 7.53. The predicted molar refractivity (Wildman–Crippen MR) is 76.2 cm³/mol. The summed E-state index contributed by atoms with van der Waals surface area (Å²) in [7, 11) is 0. The Morgan fingerprint density at radius 3 is 2.61 bits per heavy atom. The topological polar surface area (TPSA) is 75.6 Å². The van der Waals surface area contributed by atoms with E-state index in [-0.39, 0.29) is 6.42 Å². The quantitative estimate of drug-likeness (QED) is 0.766. The van der Waals surface area contributed by atoms with Crippen molar-refractivity contribution in [2.24, 2.45) is 0 Å². The second kappa shape index (κ2) is 8.40. The van der Waals surface area contributed by atoms with Crippen LogP contribution >= 0.6 is 0 Å². The van der Waals surface area contributed by atoms with E-state index in [4.69, 9.17) is 9.84 Å². The van der Waals surface area contributed by atoms with Crippen LogP contribution in [0.1, 0.15) is 25.3 Å². The maximum atomic E-state index is 12.3. The molecule has 0 aromatic heterocycles. The molecule has 1 rings (SSSR count). The molecule has 1 aromatic carbocycles. The second-order valence-electron chi connectivity index (χ2n) is 4.95. The molecular weight excluding hydrogens is 315 g/mol. The summed E-state index contributed by atoms with van der Waals surface area (Å²) in [6.07, 6.45) is -5.72. The zero-order valence-corrected chi connectivity index (χ0v) is 12.5. The van der Waals surface area contributed by atoms with Crippen molar-refractivity contribution in [2.75, 3.05) is 6.61 Å². The molecule has 0 fully saturated rings. The maximum Gasteiger partial charge on any atom is 0.391 e. The van der Waals surface area contributed by atoms with Gasteiger partial charge in [-0.25, -0.2) is 4.79 Å². The molecular formula is C15H18F3NO4. The summed E-state index contributed by atoms with van der Waals surface area (Å²) < 4.78 is 42.2. The zero-order chi connectivity index (χ0) is 17.5. The smallest absolute Gasteiger partial charge is 0.391 e. The van der Waals surface area contributed by atoms with E-state index in [1.165, 1.54) is 0 Å². The molecule has 0 saturated carbocycles. The monoisotopic (exact) mass is 333 g/mol. The van der Waals surface area contributed by atoms with Crippen LogP contribution in [0.25, 0.3) is 0 Å². The van der Waals surface area contributed by atoms with Crippen molar-refractivity contribution in [3.05, 3.63) is 29.8 Å². The van der Waals surface area contributed by atoms with Crippen LogP contribution in [0.3, 0.4) is 0 Å². The number of aliphatic carboxylic acids is 1. The molecule has 0 heterocycles. The van der Waals surface area contributed by atoms with E-state index in [1.807, 2.05) is 12.2 Å². The summed E-state index contributed by atoms with van der Waals surface area (Å²) in [4.78, 5) is 22.6. The third-order valence-electron chi connectivity index (χ3n) is 2.80. The van der Waals surface area contributed by atoms with Crippen molar-refractivity contribution < 1.29 is 32.6 Å². The third-order valence-corrected chi connectivity index (χ3v) is 2.80. The highest BCUT2D eigenvalue weighted by molar-refractivity contribution is 5.84. The second-order valence-corrected chi connectivity index (χ2v) is 4.95. The molecule has 128 valence electrons. The number of hydrogen-bond donors (Lipinski definition) is 2. The van der Waals surface area contributed by atoms with Gasteiger partial charge in [0, 0.05) is 0 Å². The van der Waals surface area contributed by atoms with Gasteiger partial charge in [0.2, 0.25) is 5.91 Å². The molecule has 1 amide bonds. The van der Waals surface area contributed by atoms with E-state index in [0.29, 0.717) is 17.9 Å². The Balaban J connectivity index is 2.65. The predicted octanol–water partition coefficient (Wildman–Crippen LogP) is 2.54. The fourth-order valence-corrected chi connectivity index (χ4v) is 1.83. The number of halogens is 3. The number of carboxylic acid groups (broad SMARTS) is 1. The first kappa shape index (κ1) is 18.8. The van der Waals surface area contributed by atoms with Gasteiger partial charge in [-0.1, -0.05) is 19.1 Å². The van der Waals surface area contributed by atoms with Crippen molar-refractivity contribution in [3.8, 4) is 5.75 Å². The minimum absolute atomic E-state index is 0.231. The van der Waals surface area contributed by atoms with Crippen LogP contribution in [-0.4, -0.2) is 35.8 Å². The summed E-state index contributed by atoms with van der Waals surface area (Å²) in [5, 5.41) is 10.6. The van der Waals surface area contributed by atoms with Crippen LogP contribution in [0.5, 0.6) is 5.75 Å². The number of hydrogen-bond acceptors (Lipinski definition) is 3. The van der Waals surface area contributed by atoms with E-state index in [0.717, 1.165) is 6.42 Å². The molecule has 2 N–H and O–H groups in total. The fraction of sp³-hybridized carbons (Fsp3) is 0.467. The van der Waals surface area contributed by atoms with Crippen molar-refractivity contribution in [1.82, 2.24) is 5.32 Å². The van der Waals surface area contributed by atoms with Crippen molar-refractivity contribution in [1.29, 1.82) is 0 Å². The largest absolute Gasteiger partial charge is 0.494 e. The van der Waals surface area contributed by atoms with Gasteiger partial charge in [-0.05, 0) is 24.1 Å². The van der Waals surface area contributed by atoms with Gasteiger partial charge < -0.3 is 15.2 Å². The lowest BCUT2D eigenvalue weighted by atomic mass is 10.1. The normalized spacial score (nSPS) is 12.5. The Morgan fingerprint density at radius 2 is 2.04 bits per heavy atom. The minimum atomic E-state index is -4.68. The molecule has 0 aliphatic rings. The van der Waals surface area contributed by atoms with Gasteiger partial charge in [0.05, 0.1) is 19.4 Å². The lowest BCUT2D eigenvalue weighted by molar-refractivity contribution is -0.159. The fourth-order valence-electron chi connectivity index (χ4n) is 1.83. The van der Waals surface area contributed by atoms with Gasteiger partial charge in [-0.3, -0.25) is 4.79 Å². The van der Waals surface area contributed by atoms with E-state index in [9.17, 15) is 22.8 Å². The molecule has 5 nitrogen and oxygen atoms in total. The highest BCUT2D eigenvalue weighted by atomic mass is 19.4. The van der Waals surface area contributed by atoms with Crippen LogP contribution in [0.15, 0.2) is 24.3 Å². The Morgan fingerprint density at radius 1 is 1.35 bits per heavy atom. The van der Waals surface area contributed by atoms with E-state index in [2.05, 4.69) is 0 Å². The van der Waals surface area contributed by atoms with Crippen LogP contribution in [0, 0.1) is 0 Å². The Hall–Kier alpha value is -2.25. The van der Waals surface area contributed by atoms with E-state index < -0.39 is 30.5 Å². The molecule has 0 radical (unpaired) electrons. The highest BCUT2D eigenvalue weighted by Gasteiger charge is 2.36. The lowest BCUT2D eigenvalue weighted by Crippen LogP contribution is -2.44. The van der Waals surface area contributed by atoms with Crippen molar-refractivity contribution >= 4 is 11.9 Å². The number of ether oxygens (including phenoxy) is 1. The summed E-state index contributed by atoms with van der Waals surface area (Å²) in [6, 6.07) is 4.55. The molecule has 0 aliphatic heterocycles. The molecule has 0 spiro atoms. The molecule has 0 bridgehead atoms. The number of carbonyl (C=O) groups is 2. The molecule has 1 unspecified atom stereocenters. The number of amides is 1. The molecule has 0 saturated heterocycles. The summed E-state index contributed by atoms with van der Waals surface area (Å²) >= 11 is 0. The number of carboxylic acids is 1. The maximum absolute atomic E-state index is 12.3.